The molecule has 0 aliphatic carbocycles. The molecular formula is C7H14N2O2PS+. The van der Waals surface area contributed by atoms with E-state index < -0.39 is 6.99 Å². The van der Waals surface area contributed by atoms with Crippen molar-refractivity contribution < 1.29 is 9.69 Å². The van der Waals surface area contributed by atoms with Gasteiger partial charge in [0.2, 0.25) is 0 Å². The highest BCUT2D eigenvalue weighted by atomic mass is 32.7. The third-order valence-corrected chi connectivity index (χ3v) is 6.96. The maximum absolute atomic E-state index is 10.6. The fourth-order valence-electron chi connectivity index (χ4n) is 0.873. The number of amides is 1. The molecule has 2 N–H and O–H groups in total. The summed E-state index contributed by atoms with van der Waals surface area (Å²) in [6.45, 7) is 1.61. The molecule has 74 valence electrons. The summed E-state index contributed by atoms with van der Waals surface area (Å²) in [6.07, 6.45) is 4.80. The lowest BCUT2D eigenvalue weighted by molar-refractivity contribution is -0.112. The Labute approximate surface area is 82.7 Å². The topological polar surface area (TPSA) is 52.6 Å². The Bertz CT molecular complexity index is 227. The molecule has 1 aliphatic rings. The summed E-state index contributed by atoms with van der Waals surface area (Å²) >= 11 is 1.43. The molecule has 0 spiro atoms. The summed E-state index contributed by atoms with van der Waals surface area (Å²) in [4.78, 5) is 20.6. The van der Waals surface area contributed by atoms with Gasteiger partial charge in [0.05, 0.1) is 12.4 Å². The third kappa shape index (κ3) is 2.36. The van der Waals surface area contributed by atoms with Crippen LogP contribution < -0.4 is 5.09 Å². The van der Waals surface area contributed by atoms with Gasteiger partial charge in [-0.1, -0.05) is 6.92 Å². The summed E-state index contributed by atoms with van der Waals surface area (Å²) in [7, 11) is 0. The fourth-order valence-corrected chi connectivity index (χ4v) is 5.39. The van der Waals surface area contributed by atoms with Crippen molar-refractivity contribution in [3.05, 3.63) is 12.4 Å². The molecule has 0 aromatic rings. The van der Waals surface area contributed by atoms with Gasteiger partial charge in [-0.2, -0.15) is 4.89 Å². The van der Waals surface area contributed by atoms with Gasteiger partial charge in [0.15, 0.2) is 0 Å². The molecule has 4 nitrogen and oxygen atoms in total. The molecule has 0 aromatic heterocycles. The van der Waals surface area contributed by atoms with Gasteiger partial charge >= 0.3 is 6.99 Å². The average Bonchev–Trinajstić information content (AvgIpc) is 2.46. The predicted octanol–water partition coefficient (Wildman–Crippen LogP) is 1.72. The Kier molecular flexibility index (Phi) is 3.59. The molecule has 6 heteroatoms. The number of rotatable bonds is 4. The minimum absolute atomic E-state index is 0.341. The predicted molar refractivity (Wildman–Crippen MR) is 56.7 cm³/mol. The van der Waals surface area contributed by atoms with E-state index in [-0.39, 0.29) is 0 Å². The van der Waals surface area contributed by atoms with E-state index in [1.165, 1.54) is 16.1 Å². The van der Waals surface area contributed by atoms with Crippen molar-refractivity contribution in [3.63, 3.8) is 0 Å². The van der Waals surface area contributed by atoms with Gasteiger partial charge in [0.1, 0.15) is 11.4 Å². The molecule has 1 rings (SSSR count). The van der Waals surface area contributed by atoms with Crippen molar-refractivity contribution in [3.8, 4) is 0 Å². The normalized spacial score (nSPS) is 28.7. The van der Waals surface area contributed by atoms with E-state index >= 15 is 0 Å². The lowest BCUT2D eigenvalue weighted by Gasteiger charge is -2.19. The third-order valence-electron chi connectivity index (χ3n) is 1.79. The second kappa shape index (κ2) is 4.31. The first-order valence-electron chi connectivity index (χ1n) is 4.11. The van der Waals surface area contributed by atoms with Gasteiger partial charge in [-0.15, -0.1) is 4.67 Å². The van der Waals surface area contributed by atoms with Crippen LogP contribution in [0.1, 0.15) is 20.3 Å². The number of hydrogen-bond acceptors (Lipinski definition) is 4. The molecular weight excluding hydrogens is 207 g/mol. The summed E-state index contributed by atoms with van der Waals surface area (Å²) < 4.78 is 1.32. The largest absolute Gasteiger partial charge is 0.401 e. The van der Waals surface area contributed by atoms with Crippen LogP contribution in [0.25, 0.3) is 0 Å². The minimum Gasteiger partial charge on any atom is -0.275 e. The van der Waals surface area contributed by atoms with Crippen molar-refractivity contribution in [2.45, 2.75) is 25.5 Å². The smallest absolute Gasteiger partial charge is 0.275 e. The zero-order valence-electron chi connectivity index (χ0n) is 7.67. The van der Waals surface area contributed by atoms with Crippen LogP contribution in [0.4, 0.5) is 0 Å². The number of nitrogens with one attached hydrogen (secondary N) is 1. The van der Waals surface area contributed by atoms with E-state index in [1.54, 1.807) is 12.4 Å². The molecule has 0 saturated carbocycles. The molecule has 0 aromatic carbocycles. The molecule has 0 radical (unpaired) electrons. The van der Waals surface area contributed by atoms with Gasteiger partial charge in [-0.3, -0.25) is 4.79 Å². The fraction of sp³-hybridized carbons (Fsp3) is 0.571. The lowest BCUT2D eigenvalue weighted by atomic mass is 10.4. The second-order valence-electron chi connectivity index (χ2n) is 2.80. The van der Waals surface area contributed by atoms with Crippen molar-refractivity contribution >= 4 is 24.8 Å². The maximum Gasteiger partial charge on any atom is 0.401 e. The first-order valence-corrected chi connectivity index (χ1v) is 7.29. The summed E-state index contributed by atoms with van der Waals surface area (Å²) in [6, 6.07) is 0. The Morgan fingerprint density at radius 2 is 2.54 bits per heavy atom. The van der Waals surface area contributed by atoms with Crippen LogP contribution >= 0.6 is 18.4 Å². The number of nitrogens with zero attached hydrogens (tertiary/aromatic N) is 1. The van der Waals surface area contributed by atoms with Crippen LogP contribution in [-0.4, -0.2) is 21.2 Å². The van der Waals surface area contributed by atoms with Crippen LogP contribution in [0.3, 0.4) is 0 Å². The Hall–Kier alpha value is -0.250. The SMILES string of the molecule is CCC(C)S[P+]1(O)NC=CN1C=O. The monoisotopic (exact) mass is 221 g/mol. The van der Waals surface area contributed by atoms with Crippen molar-refractivity contribution in [2.24, 2.45) is 0 Å². The van der Waals surface area contributed by atoms with Gasteiger partial charge < -0.3 is 0 Å². The van der Waals surface area contributed by atoms with Crippen molar-refractivity contribution in [1.29, 1.82) is 0 Å². The number of hydrogen-bond donors (Lipinski definition) is 2. The Morgan fingerprint density at radius 1 is 1.85 bits per heavy atom. The van der Waals surface area contributed by atoms with Crippen LogP contribution in [0.15, 0.2) is 12.4 Å². The highest BCUT2D eigenvalue weighted by Crippen LogP contribution is 2.68. The molecule has 1 aliphatic heterocycles. The van der Waals surface area contributed by atoms with E-state index in [9.17, 15) is 9.69 Å². The summed E-state index contributed by atoms with van der Waals surface area (Å²) in [5, 5.41) is 3.18. The average molecular weight is 221 g/mol. The van der Waals surface area contributed by atoms with Crippen LogP contribution in [0.5, 0.6) is 0 Å². The molecule has 2 unspecified atom stereocenters. The highest BCUT2D eigenvalue weighted by Gasteiger charge is 2.48. The number of carbonyl (C=O) groups excluding carboxylic acids is 1. The zero-order chi connectivity index (χ0) is 9.90. The standard InChI is InChI=1S/C7H14N2O2PS/c1-3-7(2)13-12(11)8-4-5-9(12)6-10/h4-8,11H,3H2,1-2H3/q+1. The molecule has 0 saturated heterocycles. The first-order chi connectivity index (χ1) is 6.12. The molecule has 2 atom stereocenters. The van der Waals surface area contributed by atoms with Gasteiger partial charge in [0.25, 0.3) is 6.41 Å². The van der Waals surface area contributed by atoms with Gasteiger partial charge in [-0.05, 0) is 13.3 Å². The molecule has 1 heterocycles. The molecule has 13 heavy (non-hydrogen) atoms. The number of carbonyl (C=O) groups is 1. The highest BCUT2D eigenvalue weighted by molar-refractivity contribution is 8.59. The maximum atomic E-state index is 10.6. The van der Waals surface area contributed by atoms with Crippen LogP contribution in [0, 0.1) is 0 Å². The lowest BCUT2D eigenvalue weighted by Crippen LogP contribution is -2.18. The van der Waals surface area contributed by atoms with E-state index in [1.807, 2.05) is 6.92 Å². The van der Waals surface area contributed by atoms with E-state index in [4.69, 9.17) is 0 Å². The quantitative estimate of drug-likeness (QED) is 0.560. The minimum atomic E-state index is -2.48. The zero-order valence-corrected chi connectivity index (χ0v) is 9.39. The molecule has 1 amide bonds. The summed E-state index contributed by atoms with van der Waals surface area (Å²) in [5.74, 6) is 0. The van der Waals surface area contributed by atoms with Crippen LogP contribution in [0.2, 0.25) is 0 Å². The molecule has 0 fully saturated rings. The second-order valence-corrected chi connectivity index (χ2v) is 7.78. The van der Waals surface area contributed by atoms with Crippen molar-refractivity contribution in [1.82, 2.24) is 9.76 Å². The first kappa shape index (κ1) is 10.8. The van der Waals surface area contributed by atoms with Crippen molar-refractivity contribution in [2.75, 3.05) is 0 Å². The summed E-state index contributed by atoms with van der Waals surface area (Å²) in [5.41, 5.74) is 0. The van der Waals surface area contributed by atoms with E-state index in [0.717, 1.165) is 6.42 Å². The Balaban J connectivity index is 2.60. The molecule has 0 bridgehead atoms. The van der Waals surface area contributed by atoms with Gasteiger partial charge in [0, 0.05) is 5.25 Å². The van der Waals surface area contributed by atoms with Gasteiger partial charge in [-0.25, -0.2) is 5.09 Å². The van der Waals surface area contributed by atoms with E-state index in [0.29, 0.717) is 11.7 Å². The van der Waals surface area contributed by atoms with Crippen LogP contribution in [-0.2, 0) is 4.79 Å². The Morgan fingerprint density at radius 3 is 3.08 bits per heavy atom. The van der Waals surface area contributed by atoms with E-state index in [2.05, 4.69) is 12.0 Å².